The van der Waals surface area contributed by atoms with Crippen LogP contribution in [0, 0.1) is 34.5 Å². The van der Waals surface area contributed by atoms with Gasteiger partial charge in [-0.15, -0.1) is 0 Å². The van der Waals surface area contributed by atoms with Crippen LogP contribution in [0.2, 0.25) is 0 Å². The Labute approximate surface area is 159 Å². The fourth-order valence-corrected chi connectivity index (χ4v) is 8.25. The number of hydrogen-bond acceptors (Lipinski definition) is 3. The molecule has 1 N–H and O–H groups in total. The molecule has 4 rings (SSSR count). The number of carbonyl (C=O) groups is 1. The molecule has 26 heavy (non-hydrogen) atoms. The van der Waals surface area contributed by atoms with E-state index in [4.69, 9.17) is 4.74 Å². The van der Waals surface area contributed by atoms with Crippen molar-refractivity contribution in [1.82, 2.24) is 0 Å². The quantitative estimate of drug-likeness (QED) is 0.695. The van der Waals surface area contributed by atoms with E-state index in [0.717, 1.165) is 37.5 Å². The maximum atomic E-state index is 11.4. The third kappa shape index (κ3) is 2.52. The number of rotatable bonds is 2. The third-order valence-electron chi connectivity index (χ3n) is 9.86. The molecule has 4 aliphatic carbocycles. The highest BCUT2D eigenvalue weighted by atomic mass is 16.5. The van der Waals surface area contributed by atoms with Gasteiger partial charge in [0.1, 0.15) is 6.10 Å². The van der Waals surface area contributed by atoms with Gasteiger partial charge in [0.2, 0.25) is 0 Å². The molecule has 8 atom stereocenters. The van der Waals surface area contributed by atoms with Crippen molar-refractivity contribution >= 4 is 5.97 Å². The van der Waals surface area contributed by atoms with E-state index in [-0.39, 0.29) is 17.5 Å². The molecule has 0 unspecified atom stereocenters. The highest BCUT2D eigenvalue weighted by molar-refractivity contribution is 5.66. The SMILES string of the molecule is CC[C@]1(O)CC[C@H]2[C@@H]3CC[C@@H]4C[C@H](OC(C)=O)CC[C@]4(C)[C@H]3CC[C@@]21C. The van der Waals surface area contributed by atoms with Crippen LogP contribution in [0.15, 0.2) is 0 Å². The number of carbonyl (C=O) groups excluding carboxylic acids is 1. The molecule has 0 amide bonds. The van der Waals surface area contributed by atoms with Crippen molar-refractivity contribution < 1.29 is 14.6 Å². The zero-order valence-corrected chi connectivity index (χ0v) is 17.2. The predicted molar refractivity (Wildman–Crippen MR) is 103 cm³/mol. The summed E-state index contributed by atoms with van der Waals surface area (Å²) in [6.45, 7) is 8.66. The van der Waals surface area contributed by atoms with Crippen LogP contribution < -0.4 is 0 Å². The summed E-state index contributed by atoms with van der Waals surface area (Å²) in [4.78, 5) is 11.4. The smallest absolute Gasteiger partial charge is 0.302 e. The first-order chi connectivity index (χ1) is 12.2. The second-order valence-electron chi connectivity index (χ2n) is 10.5. The van der Waals surface area contributed by atoms with Crippen molar-refractivity contribution in [2.45, 2.75) is 104 Å². The highest BCUT2D eigenvalue weighted by Crippen LogP contribution is 2.68. The fraction of sp³-hybridized carbons (Fsp3) is 0.957. The standard InChI is InChI=1S/C23H38O3/c1-5-23(25)13-10-20-18-7-6-16-14-17(26-15(2)24)8-11-21(16,3)19(18)9-12-22(20,23)4/h16-20,25H,5-14H2,1-4H3/t16-,17-,18-,19+,20+,21+,22+,23+/m1/s1. The molecule has 148 valence electrons. The molecule has 4 saturated carbocycles. The van der Waals surface area contributed by atoms with Gasteiger partial charge in [0, 0.05) is 6.92 Å². The Morgan fingerprint density at radius 1 is 1.04 bits per heavy atom. The predicted octanol–water partition coefficient (Wildman–Crippen LogP) is 5.10. The summed E-state index contributed by atoms with van der Waals surface area (Å²) in [6, 6.07) is 0. The summed E-state index contributed by atoms with van der Waals surface area (Å²) in [7, 11) is 0. The Balaban J connectivity index is 1.55. The van der Waals surface area contributed by atoms with Crippen LogP contribution in [0.25, 0.3) is 0 Å². The van der Waals surface area contributed by atoms with E-state index < -0.39 is 5.60 Å². The Morgan fingerprint density at radius 3 is 2.46 bits per heavy atom. The second-order valence-corrected chi connectivity index (χ2v) is 10.5. The molecule has 0 aromatic heterocycles. The van der Waals surface area contributed by atoms with Crippen LogP contribution >= 0.6 is 0 Å². The Bertz CT molecular complexity index is 574. The maximum Gasteiger partial charge on any atom is 0.302 e. The fourth-order valence-electron chi connectivity index (χ4n) is 8.25. The lowest BCUT2D eigenvalue weighted by Crippen LogP contribution is -2.56. The maximum absolute atomic E-state index is 11.4. The Morgan fingerprint density at radius 2 is 1.77 bits per heavy atom. The van der Waals surface area contributed by atoms with E-state index in [1.165, 1.54) is 38.5 Å². The van der Waals surface area contributed by atoms with E-state index in [1.54, 1.807) is 6.92 Å². The van der Waals surface area contributed by atoms with Crippen LogP contribution in [0.5, 0.6) is 0 Å². The molecular formula is C23H38O3. The minimum absolute atomic E-state index is 0.120. The van der Waals surface area contributed by atoms with Crippen molar-refractivity contribution in [2.24, 2.45) is 34.5 Å². The van der Waals surface area contributed by atoms with Gasteiger partial charge in [-0.25, -0.2) is 0 Å². The van der Waals surface area contributed by atoms with E-state index in [1.807, 2.05) is 0 Å². The van der Waals surface area contributed by atoms with Gasteiger partial charge < -0.3 is 9.84 Å². The summed E-state index contributed by atoms with van der Waals surface area (Å²) >= 11 is 0. The number of esters is 1. The normalized spacial score (nSPS) is 53.3. The minimum Gasteiger partial charge on any atom is -0.463 e. The molecule has 0 saturated heterocycles. The summed E-state index contributed by atoms with van der Waals surface area (Å²) < 4.78 is 5.58. The zero-order valence-electron chi connectivity index (χ0n) is 17.2. The molecule has 0 aliphatic heterocycles. The number of aliphatic hydroxyl groups is 1. The topological polar surface area (TPSA) is 46.5 Å². The molecule has 0 aromatic carbocycles. The lowest BCUT2D eigenvalue weighted by Gasteiger charge is -2.61. The van der Waals surface area contributed by atoms with Gasteiger partial charge in [0.15, 0.2) is 0 Å². The van der Waals surface area contributed by atoms with Crippen LogP contribution in [0.4, 0.5) is 0 Å². The van der Waals surface area contributed by atoms with E-state index >= 15 is 0 Å². The van der Waals surface area contributed by atoms with Crippen LogP contribution in [-0.4, -0.2) is 22.8 Å². The van der Waals surface area contributed by atoms with Crippen LogP contribution in [0.3, 0.4) is 0 Å². The van der Waals surface area contributed by atoms with E-state index in [9.17, 15) is 9.90 Å². The summed E-state index contributed by atoms with van der Waals surface area (Å²) in [5, 5.41) is 11.3. The monoisotopic (exact) mass is 362 g/mol. The number of ether oxygens (including phenoxy) is 1. The van der Waals surface area contributed by atoms with Gasteiger partial charge in [0.05, 0.1) is 5.60 Å². The molecule has 3 heteroatoms. The molecule has 4 aliphatic rings. The first-order valence-electron chi connectivity index (χ1n) is 11.1. The van der Waals surface area contributed by atoms with Crippen molar-refractivity contribution in [1.29, 1.82) is 0 Å². The molecule has 0 aromatic rings. The number of fused-ring (bicyclic) bond motifs is 5. The molecule has 0 heterocycles. The van der Waals surface area contributed by atoms with Gasteiger partial charge in [-0.3, -0.25) is 4.79 Å². The van der Waals surface area contributed by atoms with Crippen molar-refractivity contribution in [3.8, 4) is 0 Å². The average Bonchev–Trinajstić information content (AvgIpc) is 2.87. The Kier molecular flexibility index (Phi) is 4.49. The van der Waals surface area contributed by atoms with Gasteiger partial charge in [0.25, 0.3) is 0 Å². The molecule has 0 radical (unpaired) electrons. The molecule has 0 spiro atoms. The van der Waals surface area contributed by atoms with Crippen molar-refractivity contribution in [3.63, 3.8) is 0 Å². The van der Waals surface area contributed by atoms with E-state index in [2.05, 4.69) is 20.8 Å². The number of hydrogen-bond donors (Lipinski definition) is 1. The van der Waals surface area contributed by atoms with Crippen LogP contribution in [-0.2, 0) is 9.53 Å². The molecule has 3 nitrogen and oxygen atoms in total. The van der Waals surface area contributed by atoms with Crippen molar-refractivity contribution in [2.75, 3.05) is 0 Å². The van der Waals surface area contributed by atoms with Gasteiger partial charge >= 0.3 is 5.97 Å². The van der Waals surface area contributed by atoms with Crippen molar-refractivity contribution in [3.05, 3.63) is 0 Å². The zero-order chi connectivity index (χ0) is 18.7. The largest absolute Gasteiger partial charge is 0.463 e. The summed E-state index contributed by atoms with van der Waals surface area (Å²) in [6.07, 6.45) is 11.7. The Hall–Kier alpha value is -0.570. The lowest BCUT2D eigenvalue weighted by atomic mass is 9.44. The first-order valence-corrected chi connectivity index (χ1v) is 11.1. The average molecular weight is 363 g/mol. The van der Waals surface area contributed by atoms with Gasteiger partial charge in [-0.2, -0.15) is 0 Å². The van der Waals surface area contributed by atoms with E-state index in [0.29, 0.717) is 17.3 Å². The molecular weight excluding hydrogens is 324 g/mol. The first kappa shape index (κ1) is 18.8. The highest BCUT2D eigenvalue weighted by Gasteiger charge is 2.64. The third-order valence-corrected chi connectivity index (χ3v) is 9.86. The summed E-state index contributed by atoms with van der Waals surface area (Å²) in [5.74, 6) is 2.89. The summed E-state index contributed by atoms with van der Waals surface area (Å²) in [5.41, 5.74) is 0.0995. The van der Waals surface area contributed by atoms with Gasteiger partial charge in [-0.05, 0) is 98.7 Å². The minimum atomic E-state index is -0.437. The molecule has 4 fully saturated rings. The second kappa shape index (κ2) is 6.22. The molecule has 0 bridgehead atoms. The lowest BCUT2D eigenvalue weighted by molar-refractivity contribution is -0.169. The van der Waals surface area contributed by atoms with Crippen LogP contribution in [0.1, 0.15) is 91.9 Å². The van der Waals surface area contributed by atoms with Gasteiger partial charge in [-0.1, -0.05) is 20.8 Å².